The first-order valence-electron chi connectivity index (χ1n) is 4.19. The Morgan fingerprint density at radius 3 is 2.36 bits per heavy atom. The molecule has 0 heterocycles. The third-order valence-corrected chi connectivity index (χ3v) is 3.38. The van der Waals surface area contributed by atoms with E-state index >= 15 is 0 Å². The van der Waals surface area contributed by atoms with Gasteiger partial charge < -0.3 is 10.8 Å². The molecule has 14 heavy (non-hydrogen) atoms. The number of hydrogen-bond donors (Lipinski definition) is 2. The molecule has 0 unspecified atom stereocenters. The molecule has 1 aromatic rings. The molecule has 0 aliphatic rings. The van der Waals surface area contributed by atoms with E-state index in [0.717, 1.165) is 21.2 Å². The number of phenolic OH excluding ortho intramolecular Hbond substituents is 1. The molecule has 0 saturated heterocycles. The fraction of sp³-hybridized carbons (Fsp3) is 0.400. The standard InChI is InChI=1S/C10H14BrNO.ClH/c1-5-4-8(13)9(7(3)12)6(2)10(5)11;/h4,7,13H,12H2,1-3H3;1H/t7-;/m1./s1. The first-order valence-corrected chi connectivity index (χ1v) is 4.98. The third-order valence-electron chi connectivity index (χ3n) is 2.16. The van der Waals surface area contributed by atoms with E-state index in [1.807, 2.05) is 20.8 Å². The van der Waals surface area contributed by atoms with Crippen LogP contribution in [0.4, 0.5) is 0 Å². The highest BCUT2D eigenvalue weighted by atomic mass is 79.9. The normalized spacial score (nSPS) is 12.1. The van der Waals surface area contributed by atoms with Crippen molar-refractivity contribution in [2.24, 2.45) is 5.73 Å². The lowest BCUT2D eigenvalue weighted by Crippen LogP contribution is -2.08. The molecule has 0 aliphatic heterocycles. The van der Waals surface area contributed by atoms with Crippen LogP contribution in [-0.2, 0) is 0 Å². The Morgan fingerprint density at radius 1 is 1.43 bits per heavy atom. The second-order valence-electron chi connectivity index (χ2n) is 3.35. The van der Waals surface area contributed by atoms with Gasteiger partial charge in [-0.3, -0.25) is 0 Å². The van der Waals surface area contributed by atoms with E-state index in [0.29, 0.717) is 0 Å². The van der Waals surface area contributed by atoms with Gasteiger partial charge in [-0.25, -0.2) is 0 Å². The monoisotopic (exact) mass is 279 g/mol. The molecular weight excluding hydrogens is 265 g/mol. The number of halogens is 2. The van der Waals surface area contributed by atoms with Crippen LogP contribution in [0.2, 0.25) is 0 Å². The molecule has 4 heteroatoms. The van der Waals surface area contributed by atoms with Gasteiger partial charge in [0.1, 0.15) is 5.75 Å². The van der Waals surface area contributed by atoms with Crippen LogP contribution in [-0.4, -0.2) is 5.11 Å². The minimum atomic E-state index is -0.142. The van der Waals surface area contributed by atoms with E-state index in [-0.39, 0.29) is 24.2 Å². The molecule has 0 spiro atoms. The lowest BCUT2D eigenvalue weighted by Gasteiger charge is -2.15. The van der Waals surface area contributed by atoms with Crippen molar-refractivity contribution >= 4 is 28.3 Å². The summed E-state index contributed by atoms with van der Waals surface area (Å²) in [5.41, 5.74) is 8.62. The number of rotatable bonds is 1. The van der Waals surface area contributed by atoms with Crippen LogP contribution in [0.25, 0.3) is 0 Å². The van der Waals surface area contributed by atoms with Crippen LogP contribution in [0.5, 0.6) is 5.75 Å². The Bertz CT molecular complexity index is 339. The minimum absolute atomic E-state index is 0. The van der Waals surface area contributed by atoms with Gasteiger partial charge in [0.15, 0.2) is 0 Å². The molecule has 1 atom stereocenters. The van der Waals surface area contributed by atoms with Crippen molar-refractivity contribution in [2.45, 2.75) is 26.8 Å². The average molecular weight is 281 g/mol. The minimum Gasteiger partial charge on any atom is -0.508 e. The first kappa shape index (κ1) is 13.8. The maximum atomic E-state index is 9.67. The predicted molar refractivity (Wildman–Crippen MR) is 65.1 cm³/mol. The van der Waals surface area contributed by atoms with Gasteiger partial charge in [0.25, 0.3) is 0 Å². The van der Waals surface area contributed by atoms with Crippen LogP contribution in [0.1, 0.15) is 29.7 Å². The van der Waals surface area contributed by atoms with Crippen molar-refractivity contribution in [3.8, 4) is 5.75 Å². The Morgan fingerprint density at radius 2 is 1.93 bits per heavy atom. The summed E-state index contributed by atoms with van der Waals surface area (Å²) in [7, 11) is 0. The summed E-state index contributed by atoms with van der Waals surface area (Å²) in [5, 5.41) is 9.67. The van der Waals surface area contributed by atoms with Crippen molar-refractivity contribution in [2.75, 3.05) is 0 Å². The van der Waals surface area contributed by atoms with Gasteiger partial charge in [0.2, 0.25) is 0 Å². The van der Waals surface area contributed by atoms with Gasteiger partial charge in [-0.2, -0.15) is 0 Å². The molecule has 0 radical (unpaired) electrons. The molecule has 0 fully saturated rings. The Kier molecular flexibility index (Phi) is 4.92. The summed E-state index contributed by atoms with van der Waals surface area (Å²) in [5.74, 6) is 0.285. The lowest BCUT2D eigenvalue weighted by molar-refractivity contribution is 0.462. The van der Waals surface area contributed by atoms with Gasteiger partial charge in [-0.1, -0.05) is 15.9 Å². The zero-order valence-electron chi connectivity index (χ0n) is 8.47. The molecule has 1 rings (SSSR count). The maximum absolute atomic E-state index is 9.67. The highest BCUT2D eigenvalue weighted by Crippen LogP contribution is 2.33. The smallest absolute Gasteiger partial charge is 0.120 e. The largest absolute Gasteiger partial charge is 0.508 e. The topological polar surface area (TPSA) is 46.2 Å². The number of benzene rings is 1. The quantitative estimate of drug-likeness (QED) is 0.830. The van der Waals surface area contributed by atoms with E-state index in [2.05, 4.69) is 15.9 Å². The molecule has 1 aromatic carbocycles. The molecular formula is C10H15BrClNO. The first-order chi connectivity index (χ1) is 5.95. The highest BCUT2D eigenvalue weighted by Gasteiger charge is 2.13. The molecule has 3 N–H and O–H groups in total. The van der Waals surface area contributed by atoms with E-state index < -0.39 is 0 Å². The number of aromatic hydroxyl groups is 1. The summed E-state index contributed by atoms with van der Waals surface area (Å²) < 4.78 is 1.03. The highest BCUT2D eigenvalue weighted by molar-refractivity contribution is 9.10. The zero-order chi connectivity index (χ0) is 10.2. The third kappa shape index (κ3) is 2.41. The van der Waals surface area contributed by atoms with Crippen molar-refractivity contribution in [1.82, 2.24) is 0 Å². The zero-order valence-corrected chi connectivity index (χ0v) is 10.9. The summed E-state index contributed by atoms with van der Waals surface area (Å²) >= 11 is 3.47. The van der Waals surface area contributed by atoms with E-state index in [1.165, 1.54) is 0 Å². The summed E-state index contributed by atoms with van der Waals surface area (Å²) in [4.78, 5) is 0. The van der Waals surface area contributed by atoms with Gasteiger partial charge in [-0.05, 0) is 38.0 Å². The van der Waals surface area contributed by atoms with Crippen LogP contribution in [0, 0.1) is 13.8 Å². The fourth-order valence-electron chi connectivity index (χ4n) is 1.53. The van der Waals surface area contributed by atoms with E-state index in [1.54, 1.807) is 6.07 Å². The van der Waals surface area contributed by atoms with Gasteiger partial charge in [0, 0.05) is 16.1 Å². The molecule has 80 valence electrons. The van der Waals surface area contributed by atoms with Crippen LogP contribution < -0.4 is 5.73 Å². The SMILES string of the molecule is Cc1cc(O)c([C@@H](C)N)c(C)c1Br.Cl. The van der Waals surface area contributed by atoms with Crippen molar-refractivity contribution in [3.63, 3.8) is 0 Å². The summed E-state index contributed by atoms with van der Waals surface area (Å²) in [6.07, 6.45) is 0. The Balaban J connectivity index is 0.00000169. The Labute approximate surface area is 99.0 Å². The van der Waals surface area contributed by atoms with Gasteiger partial charge in [-0.15, -0.1) is 12.4 Å². The summed E-state index contributed by atoms with van der Waals surface area (Å²) in [6, 6.07) is 1.59. The molecule has 0 aliphatic carbocycles. The van der Waals surface area contributed by atoms with Crippen molar-refractivity contribution in [3.05, 3.63) is 27.2 Å². The van der Waals surface area contributed by atoms with Gasteiger partial charge >= 0.3 is 0 Å². The number of aryl methyl sites for hydroxylation is 1. The molecule has 2 nitrogen and oxygen atoms in total. The predicted octanol–water partition coefficient (Wildman–Crippen LogP) is 3.21. The molecule has 0 bridgehead atoms. The fourth-order valence-corrected chi connectivity index (χ4v) is 1.86. The van der Waals surface area contributed by atoms with Crippen molar-refractivity contribution in [1.29, 1.82) is 0 Å². The maximum Gasteiger partial charge on any atom is 0.120 e. The van der Waals surface area contributed by atoms with E-state index in [9.17, 15) is 5.11 Å². The van der Waals surface area contributed by atoms with E-state index in [4.69, 9.17) is 5.73 Å². The van der Waals surface area contributed by atoms with Crippen LogP contribution in [0.3, 0.4) is 0 Å². The second kappa shape index (κ2) is 5.01. The number of hydrogen-bond acceptors (Lipinski definition) is 2. The molecule has 0 amide bonds. The second-order valence-corrected chi connectivity index (χ2v) is 4.15. The molecule has 0 aromatic heterocycles. The average Bonchev–Trinajstić information content (AvgIpc) is 1.99. The number of nitrogens with two attached hydrogens (primary N) is 1. The lowest BCUT2D eigenvalue weighted by atomic mass is 9.99. The van der Waals surface area contributed by atoms with Crippen molar-refractivity contribution < 1.29 is 5.11 Å². The summed E-state index contributed by atoms with van der Waals surface area (Å²) in [6.45, 7) is 5.76. The van der Waals surface area contributed by atoms with Gasteiger partial charge in [0.05, 0.1) is 0 Å². The van der Waals surface area contributed by atoms with Crippen LogP contribution in [0.15, 0.2) is 10.5 Å². The number of phenols is 1. The van der Waals surface area contributed by atoms with Crippen LogP contribution >= 0.6 is 28.3 Å². The Hall–Kier alpha value is -0.250. The molecule has 0 saturated carbocycles.